The van der Waals surface area contributed by atoms with Crippen molar-refractivity contribution in [3.63, 3.8) is 0 Å². The van der Waals surface area contributed by atoms with Crippen molar-refractivity contribution >= 4 is 5.69 Å². The molecular weight excluding hydrogens is 258 g/mol. The second-order valence-corrected chi connectivity index (χ2v) is 4.32. The van der Waals surface area contributed by atoms with Crippen LogP contribution in [0.4, 0.5) is 5.69 Å². The monoisotopic (exact) mass is 273 g/mol. The van der Waals surface area contributed by atoms with E-state index in [0.29, 0.717) is 17.9 Å². The topological polar surface area (TPSA) is 61.6 Å². The van der Waals surface area contributed by atoms with E-state index in [-0.39, 0.29) is 11.4 Å². The Bertz CT molecular complexity index is 611. The lowest BCUT2D eigenvalue weighted by atomic mass is 10.2. The van der Waals surface area contributed by atoms with Gasteiger partial charge in [0.15, 0.2) is 0 Å². The molecule has 0 radical (unpaired) electrons. The fourth-order valence-corrected chi connectivity index (χ4v) is 1.85. The molecule has 0 aliphatic carbocycles. The summed E-state index contributed by atoms with van der Waals surface area (Å²) in [6.07, 6.45) is 0. The Morgan fingerprint density at radius 1 is 1.15 bits per heavy atom. The Morgan fingerprint density at radius 3 is 2.45 bits per heavy atom. The summed E-state index contributed by atoms with van der Waals surface area (Å²) >= 11 is 0. The van der Waals surface area contributed by atoms with Crippen molar-refractivity contribution in [1.29, 1.82) is 0 Å². The summed E-state index contributed by atoms with van der Waals surface area (Å²) in [7, 11) is 1.40. The summed E-state index contributed by atoms with van der Waals surface area (Å²) < 4.78 is 10.7. The number of nitro benzene ring substituents is 1. The molecule has 5 heteroatoms. The molecule has 0 aliphatic rings. The fourth-order valence-electron chi connectivity index (χ4n) is 1.85. The van der Waals surface area contributed by atoms with Gasteiger partial charge in [-0.05, 0) is 18.1 Å². The Balaban J connectivity index is 2.22. The first-order chi connectivity index (χ1) is 9.61. The normalized spacial score (nSPS) is 10.1. The van der Waals surface area contributed by atoms with Crippen molar-refractivity contribution in [3.05, 3.63) is 63.7 Å². The van der Waals surface area contributed by atoms with Gasteiger partial charge in [-0.15, -0.1) is 0 Å². The highest BCUT2D eigenvalue weighted by atomic mass is 16.6. The maximum absolute atomic E-state index is 10.9. The lowest BCUT2D eigenvalue weighted by molar-refractivity contribution is -0.385. The largest absolute Gasteiger partial charge is 0.490 e. The van der Waals surface area contributed by atoms with Crippen LogP contribution in [0.3, 0.4) is 0 Å². The maximum Gasteiger partial charge on any atom is 0.311 e. The van der Waals surface area contributed by atoms with Crippen molar-refractivity contribution in [2.45, 2.75) is 13.5 Å². The van der Waals surface area contributed by atoms with Crippen LogP contribution in [0.1, 0.15) is 11.1 Å². The third kappa shape index (κ3) is 3.06. The van der Waals surface area contributed by atoms with Crippen LogP contribution in [0.15, 0.2) is 42.5 Å². The number of hydrogen-bond donors (Lipinski definition) is 0. The molecule has 2 aromatic rings. The Hall–Kier alpha value is -2.56. The molecule has 0 unspecified atom stereocenters. The minimum Gasteiger partial charge on any atom is -0.490 e. The summed E-state index contributed by atoms with van der Waals surface area (Å²) in [6.45, 7) is 2.18. The van der Waals surface area contributed by atoms with Gasteiger partial charge in [0.05, 0.1) is 12.0 Å². The molecule has 20 heavy (non-hydrogen) atoms. The first-order valence-electron chi connectivity index (χ1n) is 6.11. The van der Waals surface area contributed by atoms with Crippen LogP contribution < -0.4 is 9.47 Å². The molecule has 0 bridgehead atoms. The van der Waals surface area contributed by atoms with Crippen molar-refractivity contribution in [3.8, 4) is 11.5 Å². The predicted molar refractivity (Wildman–Crippen MR) is 75.2 cm³/mol. The lowest BCUT2D eigenvalue weighted by Crippen LogP contribution is -2.00. The van der Waals surface area contributed by atoms with Gasteiger partial charge >= 0.3 is 5.69 Å². The Morgan fingerprint density at radius 2 is 1.85 bits per heavy atom. The molecule has 0 atom stereocenters. The van der Waals surface area contributed by atoms with Crippen molar-refractivity contribution < 1.29 is 14.4 Å². The van der Waals surface area contributed by atoms with Gasteiger partial charge in [-0.2, -0.15) is 0 Å². The summed E-state index contributed by atoms with van der Waals surface area (Å²) in [4.78, 5) is 10.4. The molecule has 0 fully saturated rings. The van der Waals surface area contributed by atoms with Crippen molar-refractivity contribution in [2.24, 2.45) is 0 Å². The molecule has 0 aliphatic heterocycles. The molecule has 0 saturated heterocycles. The highest BCUT2D eigenvalue weighted by Gasteiger charge is 2.18. The number of nitro groups is 1. The van der Waals surface area contributed by atoms with Crippen LogP contribution in [0.2, 0.25) is 0 Å². The van der Waals surface area contributed by atoms with Gasteiger partial charge in [0.2, 0.25) is 5.75 Å². The van der Waals surface area contributed by atoms with E-state index in [0.717, 1.165) is 5.56 Å². The van der Waals surface area contributed by atoms with Crippen LogP contribution in [0, 0.1) is 17.0 Å². The summed E-state index contributed by atoms with van der Waals surface area (Å²) in [6, 6.07) is 12.7. The zero-order valence-corrected chi connectivity index (χ0v) is 11.3. The van der Waals surface area contributed by atoms with Gasteiger partial charge in [-0.25, -0.2) is 0 Å². The van der Waals surface area contributed by atoms with E-state index in [2.05, 4.69) is 0 Å². The van der Waals surface area contributed by atoms with Crippen LogP contribution in [0.5, 0.6) is 11.5 Å². The summed E-state index contributed by atoms with van der Waals surface area (Å²) in [5.41, 5.74) is 1.68. The lowest BCUT2D eigenvalue weighted by Gasteiger charge is -2.11. The Kier molecular flexibility index (Phi) is 4.20. The van der Waals surface area contributed by atoms with E-state index in [1.54, 1.807) is 13.0 Å². The van der Waals surface area contributed by atoms with E-state index in [9.17, 15) is 10.1 Å². The molecule has 0 N–H and O–H groups in total. The van der Waals surface area contributed by atoms with E-state index in [4.69, 9.17) is 9.47 Å². The number of hydrogen-bond acceptors (Lipinski definition) is 4. The Labute approximate surface area is 116 Å². The quantitative estimate of drug-likeness (QED) is 0.618. The first kappa shape index (κ1) is 13.9. The molecule has 2 rings (SSSR count). The number of ether oxygens (including phenoxy) is 2. The van der Waals surface area contributed by atoms with Gasteiger partial charge in [0.1, 0.15) is 12.4 Å². The minimum atomic E-state index is -0.465. The number of rotatable bonds is 5. The third-order valence-corrected chi connectivity index (χ3v) is 2.91. The number of nitrogens with zero attached hydrogens (tertiary/aromatic N) is 1. The molecular formula is C15H15NO4. The number of aryl methyl sites for hydroxylation is 1. The SMILES string of the molecule is COc1cc(OCc2ccccc2)c(C)cc1[N+](=O)[O-]. The van der Waals surface area contributed by atoms with Crippen LogP contribution in [-0.2, 0) is 6.61 Å². The molecule has 0 aromatic heterocycles. The standard InChI is InChI=1S/C15H15NO4/c1-11-8-13(16(17)18)15(19-2)9-14(11)20-10-12-6-4-3-5-7-12/h3-9H,10H2,1-2H3. The third-order valence-electron chi connectivity index (χ3n) is 2.91. The smallest absolute Gasteiger partial charge is 0.311 e. The second-order valence-electron chi connectivity index (χ2n) is 4.32. The summed E-state index contributed by atoms with van der Waals surface area (Å²) in [5, 5.41) is 10.9. The summed E-state index contributed by atoms with van der Waals surface area (Å²) in [5.74, 6) is 0.778. The fraction of sp³-hybridized carbons (Fsp3) is 0.200. The molecule has 2 aromatic carbocycles. The highest BCUT2D eigenvalue weighted by Crippen LogP contribution is 2.34. The van der Waals surface area contributed by atoms with Gasteiger partial charge < -0.3 is 9.47 Å². The van der Waals surface area contributed by atoms with Crippen LogP contribution in [-0.4, -0.2) is 12.0 Å². The van der Waals surface area contributed by atoms with Gasteiger partial charge in [0.25, 0.3) is 0 Å². The first-order valence-corrected chi connectivity index (χ1v) is 6.11. The molecule has 0 amide bonds. The van der Waals surface area contributed by atoms with Crippen molar-refractivity contribution in [1.82, 2.24) is 0 Å². The van der Waals surface area contributed by atoms with E-state index >= 15 is 0 Å². The zero-order valence-electron chi connectivity index (χ0n) is 11.3. The van der Waals surface area contributed by atoms with Crippen LogP contribution >= 0.6 is 0 Å². The molecule has 0 saturated carbocycles. The van der Waals surface area contributed by atoms with Gasteiger partial charge in [-0.1, -0.05) is 30.3 Å². The molecule has 104 valence electrons. The van der Waals surface area contributed by atoms with Crippen molar-refractivity contribution in [2.75, 3.05) is 7.11 Å². The van der Waals surface area contributed by atoms with E-state index in [1.165, 1.54) is 13.2 Å². The van der Waals surface area contributed by atoms with Gasteiger partial charge in [-0.3, -0.25) is 10.1 Å². The molecule has 0 heterocycles. The number of benzene rings is 2. The molecule has 0 spiro atoms. The van der Waals surface area contributed by atoms with E-state index < -0.39 is 4.92 Å². The maximum atomic E-state index is 10.9. The predicted octanol–water partition coefficient (Wildman–Crippen LogP) is 3.49. The average Bonchev–Trinajstić information content (AvgIpc) is 2.46. The minimum absolute atomic E-state index is 0.0583. The van der Waals surface area contributed by atoms with E-state index in [1.807, 2.05) is 30.3 Å². The molecule has 5 nitrogen and oxygen atoms in total. The van der Waals surface area contributed by atoms with Gasteiger partial charge in [0, 0.05) is 12.1 Å². The zero-order chi connectivity index (χ0) is 14.5. The highest BCUT2D eigenvalue weighted by molar-refractivity contribution is 5.54. The van der Waals surface area contributed by atoms with Crippen LogP contribution in [0.25, 0.3) is 0 Å². The number of methoxy groups -OCH3 is 1. The average molecular weight is 273 g/mol. The second kappa shape index (κ2) is 6.06.